The minimum Gasteiger partial charge on any atom is -0.474 e. The van der Waals surface area contributed by atoms with Gasteiger partial charge in [-0.05, 0) is 20.0 Å². The van der Waals surface area contributed by atoms with Gasteiger partial charge in [0.2, 0.25) is 0 Å². The van der Waals surface area contributed by atoms with Gasteiger partial charge in [-0.1, -0.05) is 0 Å². The first-order chi connectivity index (χ1) is 6.66. The van der Waals surface area contributed by atoms with Crippen LogP contribution in [0.25, 0.3) is 0 Å². The van der Waals surface area contributed by atoms with Gasteiger partial charge in [-0.3, -0.25) is 0 Å². The number of nitrogens with zero attached hydrogens (tertiary/aromatic N) is 2. The molecule has 1 aliphatic rings. The molecule has 14 heavy (non-hydrogen) atoms. The first-order valence-corrected chi connectivity index (χ1v) is 4.54. The van der Waals surface area contributed by atoms with Crippen molar-refractivity contribution in [2.24, 2.45) is 0 Å². The van der Waals surface area contributed by atoms with Crippen LogP contribution < -0.4 is 0 Å². The summed E-state index contributed by atoms with van der Waals surface area (Å²) >= 11 is 0. The number of carbonyl (C=O) groups is 1. The lowest BCUT2D eigenvalue weighted by Crippen LogP contribution is -2.13. The second-order valence-electron chi connectivity index (χ2n) is 3.62. The number of hydrogen-bond acceptors (Lipinski definition) is 4. The summed E-state index contributed by atoms with van der Waals surface area (Å²) in [6, 6.07) is 0. The van der Waals surface area contributed by atoms with Gasteiger partial charge < -0.3 is 14.4 Å². The van der Waals surface area contributed by atoms with Crippen molar-refractivity contribution in [1.82, 2.24) is 9.88 Å². The van der Waals surface area contributed by atoms with Crippen molar-refractivity contribution in [3.8, 4) is 0 Å². The smallest absolute Gasteiger partial charge is 0.392 e. The maximum absolute atomic E-state index is 10.5. The highest BCUT2D eigenvalue weighted by atomic mass is 16.4. The van der Waals surface area contributed by atoms with Crippen molar-refractivity contribution in [3.05, 3.63) is 17.8 Å². The standard InChI is InChI=1S/C9H12N2O3/c1-11-3-2-6(5-11)7-4-10-8(14-7)9(12)13/h4,6H,2-3,5H2,1H3,(H,12,13). The van der Waals surface area contributed by atoms with E-state index in [2.05, 4.69) is 9.88 Å². The third-order valence-electron chi connectivity index (χ3n) is 2.50. The van der Waals surface area contributed by atoms with Crippen molar-refractivity contribution < 1.29 is 14.3 Å². The minimum absolute atomic E-state index is 0.213. The summed E-state index contributed by atoms with van der Waals surface area (Å²) in [6.07, 6.45) is 2.53. The molecule has 0 amide bonds. The predicted molar refractivity (Wildman–Crippen MR) is 48.3 cm³/mol. The molecule has 76 valence electrons. The van der Waals surface area contributed by atoms with E-state index in [0.717, 1.165) is 19.5 Å². The zero-order valence-electron chi connectivity index (χ0n) is 7.93. The summed E-state index contributed by atoms with van der Waals surface area (Å²) in [4.78, 5) is 16.4. The average Bonchev–Trinajstić information content (AvgIpc) is 2.70. The number of rotatable bonds is 2. The molecule has 2 heterocycles. The van der Waals surface area contributed by atoms with Crippen molar-refractivity contribution in [3.63, 3.8) is 0 Å². The highest BCUT2D eigenvalue weighted by Gasteiger charge is 2.25. The number of carboxylic acid groups (broad SMARTS) is 1. The van der Waals surface area contributed by atoms with Gasteiger partial charge in [0.05, 0.1) is 6.20 Å². The monoisotopic (exact) mass is 196 g/mol. The maximum Gasteiger partial charge on any atom is 0.392 e. The third-order valence-corrected chi connectivity index (χ3v) is 2.50. The zero-order chi connectivity index (χ0) is 10.1. The minimum atomic E-state index is -1.11. The Bertz CT molecular complexity index is 348. The predicted octanol–water partition coefficient (Wildman–Crippen LogP) is 0.792. The summed E-state index contributed by atoms with van der Waals surface area (Å²) in [5, 5.41) is 8.63. The Hall–Kier alpha value is -1.36. The van der Waals surface area contributed by atoms with Crippen LogP contribution in [-0.2, 0) is 0 Å². The Morgan fingerprint density at radius 1 is 1.79 bits per heavy atom. The van der Waals surface area contributed by atoms with Crippen molar-refractivity contribution >= 4 is 5.97 Å². The van der Waals surface area contributed by atoms with E-state index in [4.69, 9.17) is 9.52 Å². The van der Waals surface area contributed by atoms with Gasteiger partial charge in [0.1, 0.15) is 5.76 Å². The third kappa shape index (κ3) is 1.63. The molecule has 0 aromatic carbocycles. The molecule has 0 saturated carbocycles. The van der Waals surface area contributed by atoms with E-state index in [0.29, 0.717) is 11.7 Å². The van der Waals surface area contributed by atoms with Crippen LogP contribution >= 0.6 is 0 Å². The Morgan fingerprint density at radius 3 is 3.07 bits per heavy atom. The Balaban J connectivity index is 2.13. The zero-order valence-corrected chi connectivity index (χ0v) is 7.93. The molecule has 1 fully saturated rings. The molecule has 1 unspecified atom stereocenters. The first-order valence-electron chi connectivity index (χ1n) is 4.54. The molecule has 1 N–H and O–H groups in total. The molecule has 5 nitrogen and oxygen atoms in total. The molecule has 5 heteroatoms. The molecule has 0 radical (unpaired) electrons. The largest absolute Gasteiger partial charge is 0.474 e. The van der Waals surface area contributed by atoms with E-state index in [1.165, 1.54) is 6.20 Å². The molecule has 1 aromatic heterocycles. The number of likely N-dealkylation sites (tertiary alicyclic amines) is 1. The quantitative estimate of drug-likeness (QED) is 0.757. The number of hydrogen-bond donors (Lipinski definition) is 1. The molecule has 0 aliphatic carbocycles. The highest BCUT2D eigenvalue weighted by Crippen LogP contribution is 2.26. The van der Waals surface area contributed by atoms with Crippen molar-refractivity contribution in [1.29, 1.82) is 0 Å². The lowest BCUT2D eigenvalue weighted by Gasteiger charge is -2.06. The fourth-order valence-corrected chi connectivity index (χ4v) is 1.74. The van der Waals surface area contributed by atoms with Gasteiger partial charge >= 0.3 is 11.9 Å². The van der Waals surface area contributed by atoms with E-state index >= 15 is 0 Å². The SMILES string of the molecule is CN1CCC(c2cnc(C(=O)O)o2)C1. The van der Waals surface area contributed by atoms with Gasteiger partial charge in [-0.25, -0.2) is 9.78 Å². The van der Waals surface area contributed by atoms with Crippen LogP contribution in [0, 0.1) is 0 Å². The summed E-state index contributed by atoms with van der Waals surface area (Å²) in [5.74, 6) is -0.343. The Labute approximate surface area is 81.3 Å². The van der Waals surface area contributed by atoms with Gasteiger partial charge in [0.25, 0.3) is 0 Å². The Morgan fingerprint density at radius 2 is 2.57 bits per heavy atom. The van der Waals surface area contributed by atoms with E-state index in [1.54, 1.807) is 0 Å². The molecule has 1 aromatic rings. The summed E-state index contributed by atoms with van der Waals surface area (Å²) in [7, 11) is 2.04. The molecule has 2 rings (SSSR count). The summed E-state index contributed by atoms with van der Waals surface area (Å²) < 4.78 is 5.14. The van der Waals surface area contributed by atoms with Gasteiger partial charge in [-0.15, -0.1) is 0 Å². The van der Waals surface area contributed by atoms with Crippen LogP contribution in [-0.4, -0.2) is 41.1 Å². The summed E-state index contributed by atoms with van der Waals surface area (Å²) in [6.45, 7) is 1.93. The average molecular weight is 196 g/mol. The molecule has 0 bridgehead atoms. The van der Waals surface area contributed by atoms with Crippen LogP contribution in [0.4, 0.5) is 0 Å². The number of aromatic carboxylic acids is 1. The number of likely N-dealkylation sites (N-methyl/N-ethyl adjacent to an activating group) is 1. The van der Waals surface area contributed by atoms with E-state index in [-0.39, 0.29) is 5.89 Å². The highest BCUT2D eigenvalue weighted by molar-refractivity contribution is 5.81. The van der Waals surface area contributed by atoms with E-state index in [1.807, 2.05) is 7.05 Å². The van der Waals surface area contributed by atoms with Gasteiger partial charge in [0.15, 0.2) is 0 Å². The maximum atomic E-state index is 10.5. The van der Waals surface area contributed by atoms with Crippen LogP contribution in [0.5, 0.6) is 0 Å². The second kappa shape index (κ2) is 3.42. The number of carboxylic acids is 1. The second-order valence-corrected chi connectivity index (χ2v) is 3.62. The van der Waals surface area contributed by atoms with E-state index in [9.17, 15) is 4.79 Å². The van der Waals surface area contributed by atoms with Gasteiger partial charge in [0, 0.05) is 12.5 Å². The topological polar surface area (TPSA) is 66.6 Å². The molecule has 1 saturated heterocycles. The van der Waals surface area contributed by atoms with Crippen LogP contribution in [0.3, 0.4) is 0 Å². The first kappa shape index (κ1) is 9.21. The molecular weight excluding hydrogens is 184 g/mol. The number of aromatic nitrogens is 1. The number of oxazole rings is 1. The van der Waals surface area contributed by atoms with Gasteiger partial charge in [-0.2, -0.15) is 0 Å². The van der Waals surface area contributed by atoms with Crippen LogP contribution in [0.15, 0.2) is 10.6 Å². The molecule has 1 atom stereocenters. The lowest BCUT2D eigenvalue weighted by molar-refractivity contribution is 0.0651. The molecular formula is C9H12N2O3. The fourth-order valence-electron chi connectivity index (χ4n) is 1.74. The molecule has 0 spiro atoms. The molecule has 1 aliphatic heterocycles. The Kier molecular flexibility index (Phi) is 2.25. The van der Waals surface area contributed by atoms with Crippen LogP contribution in [0.2, 0.25) is 0 Å². The van der Waals surface area contributed by atoms with E-state index < -0.39 is 5.97 Å². The van der Waals surface area contributed by atoms with Crippen molar-refractivity contribution in [2.45, 2.75) is 12.3 Å². The van der Waals surface area contributed by atoms with Crippen LogP contribution in [0.1, 0.15) is 28.8 Å². The normalized spacial score (nSPS) is 22.8. The fraction of sp³-hybridized carbons (Fsp3) is 0.556. The lowest BCUT2D eigenvalue weighted by atomic mass is 10.1. The summed E-state index contributed by atoms with van der Waals surface area (Å²) in [5.41, 5.74) is 0. The van der Waals surface area contributed by atoms with Crippen molar-refractivity contribution in [2.75, 3.05) is 20.1 Å².